The molecule has 3 aromatic rings. The summed E-state index contributed by atoms with van der Waals surface area (Å²) in [4.78, 5) is 13.0. The van der Waals surface area contributed by atoms with Gasteiger partial charge in [-0.1, -0.05) is 30.3 Å². The number of amides is 1. The maximum absolute atomic E-state index is 13.3. The van der Waals surface area contributed by atoms with E-state index in [0.717, 1.165) is 83.8 Å². The lowest BCUT2D eigenvalue weighted by atomic mass is 9.83. The van der Waals surface area contributed by atoms with Crippen molar-refractivity contribution in [2.24, 2.45) is 5.92 Å². The lowest BCUT2D eigenvalue weighted by Gasteiger charge is -2.52. The third kappa shape index (κ3) is 5.94. The number of para-hydroxylation sites is 1. The molecule has 200 valence electrons. The number of halogens is 1. The van der Waals surface area contributed by atoms with Gasteiger partial charge in [0.25, 0.3) is 0 Å². The van der Waals surface area contributed by atoms with E-state index in [1.54, 1.807) is 26.4 Å². The van der Waals surface area contributed by atoms with Crippen LogP contribution >= 0.6 is 0 Å². The average molecular weight is 520 g/mol. The number of fused-ring (bicyclic) bond motifs is 3. The van der Waals surface area contributed by atoms with E-state index in [1.165, 1.54) is 12.1 Å². The van der Waals surface area contributed by atoms with Crippen molar-refractivity contribution in [1.29, 1.82) is 0 Å². The Morgan fingerprint density at radius 2 is 1.74 bits per heavy atom. The molecule has 7 heteroatoms. The molecule has 1 N–H and O–H groups in total. The highest BCUT2D eigenvalue weighted by atomic mass is 19.1. The SMILES string of the molecule is COc1ccc(OC)c(CC[N+]23CCC(CC2)C(OC(=O)Nc2ccccc2Cc2ccc(F)cc2)C3)c1. The Morgan fingerprint density at radius 1 is 0.974 bits per heavy atom. The van der Waals surface area contributed by atoms with E-state index in [0.29, 0.717) is 12.3 Å². The second-order valence-corrected chi connectivity index (χ2v) is 10.5. The van der Waals surface area contributed by atoms with Crippen molar-refractivity contribution in [1.82, 2.24) is 0 Å². The number of rotatable bonds is 9. The van der Waals surface area contributed by atoms with Gasteiger partial charge in [-0.15, -0.1) is 0 Å². The molecule has 1 atom stereocenters. The lowest BCUT2D eigenvalue weighted by molar-refractivity contribution is -0.945. The van der Waals surface area contributed by atoms with Crippen LogP contribution in [-0.2, 0) is 17.6 Å². The highest BCUT2D eigenvalue weighted by Gasteiger charge is 2.47. The number of nitrogens with one attached hydrogen (secondary N) is 1. The van der Waals surface area contributed by atoms with E-state index in [2.05, 4.69) is 11.4 Å². The number of hydrogen-bond donors (Lipinski definition) is 1. The highest BCUT2D eigenvalue weighted by molar-refractivity contribution is 5.86. The Hall–Kier alpha value is -3.58. The Morgan fingerprint density at radius 3 is 2.47 bits per heavy atom. The van der Waals surface area contributed by atoms with E-state index in [1.807, 2.05) is 36.4 Å². The van der Waals surface area contributed by atoms with Gasteiger partial charge in [0.1, 0.15) is 23.9 Å². The van der Waals surface area contributed by atoms with Crippen molar-refractivity contribution in [2.45, 2.75) is 31.8 Å². The van der Waals surface area contributed by atoms with Gasteiger partial charge in [-0.25, -0.2) is 9.18 Å². The topological polar surface area (TPSA) is 56.8 Å². The molecule has 1 amide bonds. The summed E-state index contributed by atoms with van der Waals surface area (Å²) in [6.07, 6.45) is 3.08. The van der Waals surface area contributed by atoms with Crippen LogP contribution in [0.2, 0.25) is 0 Å². The number of quaternary nitrogens is 1. The molecular weight excluding hydrogens is 483 g/mol. The maximum Gasteiger partial charge on any atom is 0.412 e. The minimum absolute atomic E-state index is 0.103. The van der Waals surface area contributed by atoms with E-state index >= 15 is 0 Å². The average Bonchev–Trinajstić information content (AvgIpc) is 2.94. The molecule has 0 aromatic heterocycles. The molecule has 3 heterocycles. The zero-order valence-electron chi connectivity index (χ0n) is 22.1. The summed E-state index contributed by atoms with van der Waals surface area (Å²) in [5, 5.41) is 2.97. The first kappa shape index (κ1) is 26.0. The van der Waals surface area contributed by atoms with Crippen LogP contribution in [0.4, 0.5) is 14.9 Å². The molecule has 0 aliphatic carbocycles. The summed E-state index contributed by atoms with van der Waals surface area (Å²) in [6, 6.07) is 20.1. The van der Waals surface area contributed by atoms with Crippen LogP contribution in [0.15, 0.2) is 66.7 Å². The number of carbonyl (C=O) groups excluding carboxylic acids is 1. The first-order valence-electron chi connectivity index (χ1n) is 13.3. The van der Waals surface area contributed by atoms with Gasteiger partial charge >= 0.3 is 6.09 Å². The summed E-state index contributed by atoms with van der Waals surface area (Å²) in [5.41, 5.74) is 3.79. The van der Waals surface area contributed by atoms with Crippen molar-refractivity contribution in [3.63, 3.8) is 0 Å². The Labute approximate surface area is 223 Å². The molecule has 3 aliphatic rings. The fraction of sp³-hybridized carbons (Fsp3) is 0.387. The molecule has 0 spiro atoms. The molecule has 6 nitrogen and oxygen atoms in total. The largest absolute Gasteiger partial charge is 0.497 e. The summed E-state index contributed by atoms with van der Waals surface area (Å²) >= 11 is 0. The predicted octanol–water partition coefficient (Wildman–Crippen LogP) is 5.83. The number of hydrogen-bond acceptors (Lipinski definition) is 4. The van der Waals surface area contributed by atoms with Crippen LogP contribution < -0.4 is 14.8 Å². The fourth-order valence-corrected chi connectivity index (χ4v) is 6.00. The van der Waals surface area contributed by atoms with E-state index in [9.17, 15) is 9.18 Å². The molecular formula is C31H36FN2O4+. The van der Waals surface area contributed by atoms with Crippen molar-refractivity contribution in [3.05, 3.63) is 89.2 Å². The van der Waals surface area contributed by atoms with Crippen LogP contribution in [0.1, 0.15) is 29.5 Å². The molecule has 0 saturated carbocycles. The third-order valence-corrected chi connectivity index (χ3v) is 8.20. The summed E-state index contributed by atoms with van der Waals surface area (Å²) in [7, 11) is 3.38. The highest BCUT2D eigenvalue weighted by Crippen LogP contribution is 2.37. The number of carbonyl (C=O) groups is 1. The first-order valence-corrected chi connectivity index (χ1v) is 13.3. The standard InChI is InChI=1S/C31H35FN2O4/c1-36-27-11-12-29(37-2)25(20-27)15-18-34-16-13-23(14-17-34)30(21-34)38-31(35)33-28-6-4-3-5-24(28)19-22-7-9-26(32)10-8-22/h3-12,20,23,30H,13-19,21H2,1-2H3/p+1. The van der Waals surface area contributed by atoms with Crippen LogP contribution in [-0.4, -0.2) is 57.1 Å². The minimum Gasteiger partial charge on any atom is -0.497 e. The van der Waals surface area contributed by atoms with Crippen molar-refractivity contribution < 1.29 is 27.9 Å². The molecule has 3 aliphatic heterocycles. The Balaban J connectivity index is 1.22. The van der Waals surface area contributed by atoms with E-state index in [-0.39, 0.29) is 11.9 Å². The Kier molecular flexibility index (Phi) is 7.84. The van der Waals surface area contributed by atoms with Crippen molar-refractivity contribution >= 4 is 11.8 Å². The third-order valence-electron chi connectivity index (χ3n) is 8.20. The van der Waals surface area contributed by atoms with E-state index in [4.69, 9.17) is 14.2 Å². The van der Waals surface area contributed by atoms with Crippen LogP contribution in [0, 0.1) is 11.7 Å². The summed E-state index contributed by atoms with van der Waals surface area (Å²) in [5.74, 6) is 1.85. The molecule has 1 unspecified atom stereocenters. The normalized spacial score (nSPS) is 22.1. The molecule has 3 fully saturated rings. The van der Waals surface area contributed by atoms with E-state index < -0.39 is 6.09 Å². The minimum atomic E-state index is -0.414. The summed E-state index contributed by atoms with van der Waals surface area (Å²) in [6.45, 7) is 4.03. The van der Waals surface area contributed by atoms with Crippen LogP contribution in [0.25, 0.3) is 0 Å². The van der Waals surface area contributed by atoms with Gasteiger partial charge in [0, 0.05) is 36.4 Å². The van der Waals surface area contributed by atoms with Crippen molar-refractivity contribution in [3.8, 4) is 11.5 Å². The van der Waals surface area contributed by atoms with Gasteiger partial charge in [0.15, 0.2) is 6.10 Å². The smallest absolute Gasteiger partial charge is 0.412 e. The number of methoxy groups -OCH3 is 2. The second kappa shape index (κ2) is 11.4. The predicted molar refractivity (Wildman–Crippen MR) is 145 cm³/mol. The molecule has 3 aromatic carbocycles. The zero-order chi connectivity index (χ0) is 26.5. The maximum atomic E-state index is 13.3. The second-order valence-electron chi connectivity index (χ2n) is 10.5. The molecule has 6 rings (SSSR count). The number of piperidine rings is 3. The number of ether oxygens (including phenoxy) is 3. The molecule has 2 bridgehead atoms. The fourth-order valence-electron chi connectivity index (χ4n) is 6.00. The van der Waals surface area contributed by atoms with Gasteiger partial charge in [-0.3, -0.25) is 5.32 Å². The number of benzene rings is 3. The monoisotopic (exact) mass is 519 g/mol. The van der Waals surface area contributed by atoms with Crippen molar-refractivity contribution in [2.75, 3.05) is 45.7 Å². The van der Waals surface area contributed by atoms with Gasteiger partial charge in [0.05, 0.1) is 33.9 Å². The van der Waals surface area contributed by atoms with Gasteiger partial charge in [-0.2, -0.15) is 0 Å². The molecule has 3 saturated heterocycles. The first-order chi connectivity index (χ1) is 18.5. The van der Waals surface area contributed by atoms with Crippen LogP contribution in [0.5, 0.6) is 11.5 Å². The van der Waals surface area contributed by atoms with Gasteiger partial charge < -0.3 is 18.7 Å². The molecule has 0 radical (unpaired) electrons. The molecule has 38 heavy (non-hydrogen) atoms. The number of anilines is 1. The van der Waals surface area contributed by atoms with Crippen LogP contribution in [0.3, 0.4) is 0 Å². The van der Waals surface area contributed by atoms with Gasteiger partial charge in [-0.05, 0) is 53.9 Å². The zero-order valence-corrected chi connectivity index (χ0v) is 22.1. The lowest BCUT2D eigenvalue weighted by Crippen LogP contribution is -2.65. The summed E-state index contributed by atoms with van der Waals surface area (Å²) < 4.78 is 31.3. The Bertz CT molecular complexity index is 1250. The van der Waals surface area contributed by atoms with Gasteiger partial charge in [0.2, 0.25) is 0 Å². The quantitative estimate of drug-likeness (QED) is 0.361. The number of nitrogens with zero attached hydrogens (tertiary/aromatic N) is 1.